The number of hydrogen-bond donors (Lipinski definition) is 0. The van der Waals surface area contributed by atoms with E-state index in [4.69, 9.17) is 18.9 Å². The molecular weight excluding hydrogens is 338 g/mol. The van der Waals surface area contributed by atoms with Gasteiger partial charge in [0.05, 0.1) is 33.1 Å². The van der Waals surface area contributed by atoms with Gasteiger partial charge in [0.25, 0.3) is 0 Å². The fourth-order valence-corrected chi connectivity index (χ4v) is 2.93. The summed E-state index contributed by atoms with van der Waals surface area (Å²) in [4.78, 5) is 26.8. The van der Waals surface area contributed by atoms with Crippen molar-refractivity contribution in [2.24, 2.45) is 0 Å². The fraction of sp³-hybridized carbons (Fsp3) is 0.474. The van der Waals surface area contributed by atoms with Crippen LogP contribution in [0.15, 0.2) is 29.5 Å². The molecule has 0 bridgehead atoms. The number of methoxy groups -OCH3 is 2. The van der Waals surface area contributed by atoms with Crippen molar-refractivity contribution in [2.75, 3.05) is 38.9 Å². The second-order valence-electron chi connectivity index (χ2n) is 5.56. The molecule has 0 unspecified atom stereocenters. The maximum atomic E-state index is 12.4. The topological polar surface area (TPSA) is 74.3 Å². The zero-order chi connectivity index (χ0) is 19.1. The molecular formula is C19H25NO6. The Balaban J connectivity index is 2.56. The van der Waals surface area contributed by atoms with Gasteiger partial charge in [0, 0.05) is 18.3 Å². The van der Waals surface area contributed by atoms with E-state index in [0.29, 0.717) is 30.2 Å². The predicted molar refractivity (Wildman–Crippen MR) is 96.4 cm³/mol. The number of benzene rings is 1. The van der Waals surface area contributed by atoms with Gasteiger partial charge in [0.1, 0.15) is 11.5 Å². The lowest BCUT2D eigenvalue weighted by Crippen LogP contribution is -2.26. The monoisotopic (exact) mass is 363 g/mol. The summed E-state index contributed by atoms with van der Waals surface area (Å²) >= 11 is 0. The Hall–Kier alpha value is -2.70. The second-order valence-corrected chi connectivity index (χ2v) is 5.56. The van der Waals surface area contributed by atoms with Gasteiger partial charge in [-0.05, 0) is 38.8 Å². The number of nitrogens with zero attached hydrogens (tertiary/aromatic N) is 1. The number of carbonyl (C=O) groups excluding carboxylic acids is 2. The van der Waals surface area contributed by atoms with E-state index in [1.165, 1.54) is 0 Å². The molecule has 1 aliphatic rings. The maximum absolute atomic E-state index is 12.4. The minimum atomic E-state index is -0.672. The quantitative estimate of drug-likeness (QED) is 0.319. The molecule has 2 rings (SSSR count). The Morgan fingerprint density at radius 3 is 2.23 bits per heavy atom. The SMILES string of the molecule is CCOC(=O)C(C(=O)OCC)=C1CCCN1c1cc(OC)ccc1OC. The molecule has 7 heteroatoms. The molecule has 1 heterocycles. The average Bonchev–Trinajstić information content (AvgIpc) is 3.10. The first-order valence-electron chi connectivity index (χ1n) is 8.64. The first-order chi connectivity index (χ1) is 12.6. The normalized spacial score (nSPS) is 13.4. The van der Waals surface area contributed by atoms with Crippen LogP contribution >= 0.6 is 0 Å². The summed E-state index contributed by atoms with van der Waals surface area (Å²) in [6.45, 7) is 4.39. The van der Waals surface area contributed by atoms with Crippen molar-refractivity contribution < 1.29 is 28.5 Å². The van der Waals surface area contributed by atoms with Crippen molar-refractivity contribution in [1.82, 2.24) is 0 Å². The van der Waals surface area contributed by atoms with E-state index in [-0.39, 0.29) is 18.8 Å². The van der Waals surface area contributed by atoms with Crippen molar-refractivity contribution in [3.63, 3.8) is 0 Å². The summed E-state index contributed by atoms with van der Waals surface area (Å²) in [6.07, 6.45) is 1.35. The highest BCUT2D eigenvalue weighted by Gasteiger charge is 2.33. The van der Waals surface area contributed by atoms with Crippen LogP contribution in [0.5, 0.6) is 11.5 Å². The summed E-state index contributed by atoms with van der Waals surface area (Å²) in [6, 6.07) is 5.40. The third-order valence-corrected chi connectivity index (χ3v) is 4.05. The zero-order valence-corrected chi connectivity index (χ0v) is 15.7. The van der Waals surface area contributed by atoms with E-state index in [9.17, 15) is 9.59 Å². The molecule has 1 saturated heterocycles. The van der Waals surface area contributed by atoms with Gasteiger partial charge in [-0.1, -0.05) is 0 Å². The van der Waals surface area contributed by atoms with Gasteiger partial charge in [-0.25, -0.2) is 9.59 Å². The number of allylic oxidation sites excluding steroid dienone is 1. The van der Waals surface area contributed by atoms with Gasteiger partial charge < -0.3 is 23.8 Å². The Kier molecular flexibility index (Phi) is 6.89. The number of carbonyl (C=O) groups is 2. The first-order valence-corrected chi connectivity index (χ1v) is 8.64. The number of esters is 2. The molecule has 0 saturated carbocycles. The van der Waals surface area contributed by atoms with Crippen LogP contribution in [-0.2, 0) is 19.1 Å². The molecule has 0 amide bonds. The van der Waals surface area contributed by atoms with Gasteiger partial charge in [0.2, 0.25) is 0 Å². The van der Waals surface area contributed by atoms with Crippen LogP contribution in [-0.4, -0.2) is 45.9 Å². The number of hydrogen-bond acceptors (Lipinski definition) is 7. The molecule has 0 spiro atoms. The largest absolute Gasteiger partial charge is 0.497 e. The maximum Gasteiger partial charge on any atom is 0.347 e. The van der Waals surface area contributed by atoms with Crippen LogP contribution in [0.25, 0.3) is 0 Å². The van der Waals surface area contributed by atoms with E-state index in [0.717, 1.165) is 12.1 Å². The van der Waals surface area contributed by atoms with Gasteiger partial charge in [-0.2, -0.15) is 0 Å². The fourth-order valence-electron chi connectivity index (χ4n) is 2.93. The molecule has 0 N–H and O–H groups in total. The lowest BCUT2D eigenvalue weighted by atomic mass is 10.1. The molecule has 26 heavy (non-hydrogen) atoms. The summed E-state index contributed by atoms with van der Waals surface area (Å²) in [5.41, 5.74) is 1.25. The Morgan fingerprint density at radius 1 is 1.04 bits per heavy atom. The van der Waals surface area contributed by atoms with Crippen molar-refractivity contribution in [3.8, 4) is 11.5 Å². The molecule has 1 aliphatic heterocycles. The van der Waals surface area contributed by atoms with Crippen LogP contribution in [0.2, 0.25) is 0 Å². The summed E-state index contributed by atoms with van der Waals surface area (Å²) in [5.74, 6) is -0.0671. The predicted octanol–water partition coefficient (Wildman–Crippen LogP) is 2.68. The zero-order valence-electron chi connectivity index (χ0n) is 15.7. The third-order valence-electron chi connectivity index (χ3n) is 4.05. The molecule has 1 aromatic carbocycles. The lowest BCUT2D eigenvalue weighted by Gasteiger charge is -2.24. The van der Waals surface area contributed by atoms with Crippen LogP contribution in [0, 0.1) is 0 Å². The van der Waals surface area contributed by atoms with Gasteiger partial charge >= 0.3 is 11.9 Å². The number of anilines is 1. The summed E-state index contributed by atoms with van der Waals surface area (Å²) in [5, 5.41) is 0. The highest BCUT2D eigenvalue weighted by atomic mass is 16.6. The first kappa shape index (κ1) is 19.6. The molecule has 0 aliphatic carbocycles. The van der Waals surface area contributed by atoms with E-state index in [1.54, 1.807) is 40.2 Å². The molecule has 1 fully saturated rings. The standard InChI is InChI=1S/C19H25NO6/c1-5-25-18(21)17(19(22)26-6-2)14-8-7-11-20(14)15-12-13(23-3)9-10-16(15)24-4/h9-10,12H,5-8,11H2,1-4H3. The van der Waals surface area contributed by atoms with E-state index in [2.05, 4.69) is 0 Å². The molecule has 142 valence electrons. The second kappa shape index (κ2) is 9.12. The van der Waals surface area contributed by atoms with E-state index < -0.39 is 11.9 Å². The van der Waals surface area contributed by atoms with Crippen molar-refractivity contribution >= 4 is 17.6 Å². The average molecular weight is 363 g/mol. The molecule has 1 aromatic rings. The molecule has 0 atom stereocenters. The number of rotatable bonds is 7. The Morgan fingerprint density at radius 2 is 1.69 bits per heavy atom. The summed E-state index contributed by atoms with van der Waals surface area (Å²) in [7, 11) is 3.15. The minimum absolute atomic E-state index is 0.0592. The van der Waals surface area contributed by atoms with Crippen LogP contribution in [0.4, 0.5) is 5.69 Å². The van der Waals surface area contributed by atoms with Crippen LogP contribution in [0.1, 0.15) is 26.7 Å². The summed E-state index contributed by atoms with van der Waals surface area (Å²) < 4.78 is 20.9. The van der Waals surface area contributed by atoms with Gasteiger partial charge in [-0.15, -0.1) is 0 Å². The van der Waals surface area contributed by atoms with Crippen LogP contribution in [0.3, 0.4) is 0 Å². The Bertz CT molecular complexity index is 677. The van der Waals surface area contributed by atoms with Gasteiger partial charge in [0.15, 0.2) is 5.57 Å². The minimum Gasteiger partial charge on any atom is -0.497 e. The molecule has 0 aromatic heterocycles. The van der Waals surface area contributed by atoms with Crippen molar-refractivity contribution in [1.29, 1.82) is 0 Å². The van der Waals surface area contributed by atoms with Crippen molar-refractivity contribution in [2.45, 2.75) is 26.7 Å². The van der Waals surface area contributed by atoms with Crippen molar-refractivity contribution in [3.05, 3.63) is 29.5 Å². The molecule has 7 nitrogen and oxygen atoms in total. The third kappa shape index (κ3) is 4.09. The smallest absolute Gasteiger partial charge is 0.347 e. The number of ether oxygens (including phenoxy) is 4. The molecule has 0 radical (unpaired) electrons. The lowest BCUT2D eigenvalue weighted by molar-refractivity contribution is -0.146. The van der Waals surface area contributed by atoms with E-state index in [1.807, 2.05) is 11.0 Å². The van der Waals surface area contributed by atoms with E-state index >= 15 is 0 Å². The van der Waals surface area contributed by atoms with Crippen LogP contribution < -0.4 is 14.4 Å². The highest BCUT2D eigenvalue weighted by Crippen LogP contribution is 2.39. The Labute approximate surface area is 153 Å². The highest BCUT2D eigenvalue weighted by molar-refractivity contribution is 6.15. The van der Waals surface area contributed by atoms with Gasteiger partial charge in [-0.3, -0.25) is 0 Å².